The van der Waals surface area contributed by atoms with Gasteiger partial charge in [0.1, 0.15) is 0 Å². The van der Waals surface area contributed by atoms with Crippen molar-refractivity contribution >= 4 is 28.3 Å². The third kappa shape index (κ3) is 2.50. The summed E-state index contributed by atoms with van der Waals surface area (Å²) < 4.78 is 0. The Labute approximate surface area is 138 Å². The zero-order chi connectivity index (χ0) is 16.0. The first kappa shape index (κ1) is 14.3. The second kappa shape index (κ2) is 5.42. The minimum absolute atomic E-state index is 0.104. The number of aromatic nitrogens is 3. The molecule has 1 fully saturated rings. The molecule has 2 aliphatic rings. The predicted octanol–water partition coefficient (Wildman–Crippen LogP) is 2.77. The molecule has 23 heavy (non-hydrogen) atoms. The lowest BCUT2D eigenvalue weighted by Crippen LogP contribution is -2.19. The second-order valence-corrected chi connectivity index (χ2v) is 6.84. The molecule has 0 unspecified atom stereocenters. The molecular formula is C16H17N5OS. The molecule has 1 aliphatic heterocycles. The third-order valence-electron chi connectivity index (χ3n) is 4.15. The van der Waals surface area contributed by atoms with E-state index in [4.69, 9.17) is 4.98 Å². The molecule has 0 aromatic carbocycles. The van der Waals surface area contributed by atoms with Gasteiger partial charge in [0, 0.05) is 25.4 Å². The molecule has 118 valence electrons. The number of rotatable bonds is 2. The minimum atomic E-state index is -0.104. The van der Waals surface area contributed by atoms with Crippen LogP contribution in [-0.4, -0.2) is 27.4 Å². The zero-order valence-corrected chi connectivity index (χ0v) is 13.7. The Morgan fingerprint density at radius 3 is 2.96 bits per heavy atom. The van der Waals surface area contributed by atoms with Gasteiger partial charge in [0.05, 0.1) is 16.3 Å². The van der Waals surface area contributed by atoms with Crippen molar-refractivity contribution in [2.75, 3.05) is 16.8 Å². The van der Waals surface area contributed by atoms with E-state index < -0.39 is 0 Å². The van der Waals surface area contributed by atoms with Gasteiger partial charge in [0.15, 0.2) is 5.13 Å². The van der Waals surface area contributed by atoms with E-state index in [0.29, 0.717) is 11.1 Å². The summed E-state index contributed by atoms with van der Waals surface area (Å²) in [6.45, 7) is 6.51. The van der Waals surface area contributed by atoms with Crippen LogP contribution in [0.2, 0.25) is 0 Å². The van der Waals surface area contributed by atoms with E-state index in [1.54, 1.807) is 0 Å². The minimum Gasteiger partial charge on any atom is -0.315 e. The zero-order valence-electron chi connectivity index (χ0n) is 12.9. The maximum atomic E-state index is 11.2. The maximum absolute atomic E-state index is 11.2. The molecule has 1 N–H and O–H groups in total. The van der Waals surface area contributed by atoms with Gasteiger partial charge in [-0.3, -0.25) is 4.79 Å². The lowest BCUT2D eigenvalue weighted by atomic mass is 10.00. The smallest absolute Gasteiger partial charge is 0.230 e. The molecule has 2 aromatic heterocycles. The van der Waals surface area contributed by atoms with Gasteiger partial charge in [0.2, 0.25) is 11.9 Å². The number of nitrogens with zero attached hydrogens (tertiary/aromatic N) is 4. The maximum Gasteiger partial charge on any atom is 0.230 e. The van der Waals surface area contributed by atoms with Gasteiger partial charge in [0.25, 0.3) is 0 Å². The fourth-order valence-corrected chi connectivity index (χ4v) is 4.13. The summed E-state index contributed by atoms with van der Waals surface area (Å²) in [5.74, 6) is 0.613. The van der Waals surface area contributed by atoms with Gasteiger partial charge in [-0.2, -0.15) is 0 Å². The molecule has 1 amide bonds. The van der Waals surface area contributed by atoms with Crippen molar-refractivity contribution in [3.05, 3.63) is 29.7 Å². The molecule has 7 heteroatoms. The van der Waals surface area contributed by atoms with Crippen molar-refractivity contribution in [2.45, 2.75) is 32.6 Å². The Morgan fingerprint density at radius 2 is 2.22 bits per heavy atom. The number of fused-ring (bicyclic) bond motifs is 3. The topological polar surface area (TPSA) is 71.0 Å². The Kier molecular flexibility index (Phi) is 3.37. The van der Waals surface area contributed by atoms with Crippen molar-refractivity contribution in [1.29, 1.82) is 0 Å². The van der Waals surface area contributed by atoms with Crippen LogP contribution in [0, 0.1) is 0 Å². The van der Waals surface area contributed by atoms with Crippen LogP contribution in [0.4, 0.5) is 11.1 Å². The Bertz CT molecular complexity index is 813. The molecule has 0 radical (unpaired) electrons. The number of amides is 1. The van der Waals surface area contributed by atoms with Crippen LogP contribution < -0.4 is 10.2 Å². The molecule has 0 atom stereocenters. The first-order chi connectivity index (χ1) is 11.1. The highest BCUT2D eigenvalue weighted by Gasteiger charge is 2.26. The first-order valence-corrected chi connectivity index (χ1v) is 8.52. The summed E-state index contributed by atoms with van der Waals surface area (Å²) in [5.41, 5.74) is 4.18. The number of carbonyl (C=O) groups excluding carboxylic acids is 1. The quantitative estimate of drug-likeness (QED) is 0.918. The van der Waals surface area contributed by atoms with E-state index in [0.717, 1.165) is 59.8 Å². The second-order valence-electron chi connectivity index (χ2n) is 5.84. The predicted molar refractivity (Wildman–Crippen MR) is 90.6 cm³/mol. The first-order valence-electron chi connectivity index (χ1n) is 7.70. The van der Waals surface area contributed by atoms with Gasteiger partial charge in [-0.1, -0.05) is 17.9 Å². The highest BCUT2D eigenvalue weighted by atomic mass is 32.1. The summed E-state index contributed by atoms with van der Waals surface area (Å²) in [6.07, 6.45) is 5.76. The standard InChI is InChI=1S/C16H17N5OS/c1-9-4-3-7-21(9)15-17-8-11-5-6-12-14(13(11)20-15)23-16(19-12)18-10(2)22/h8H,1,3-7H2,2H3,(H,18,19,22). The van der Waals surface area contributed by atoms with Gasteiger partial charge in [-0.05, 0) is 31.2 Å². The van der Waals surface area contributed by atoms with Crippen molar-refractivity contribution < 1.29 is 4.79 Å². The average molecular weight is 327 g/mol. The van der Waals surface area contributed by atoms with E-state index in [-0.39, 0.29) is 5.91 Å². The van der Waals surface area contributed by atoms with Crippen LogP contribution in [0.25, 0.3) is 10.6 Å². The van der Waals surface area contributed by atoms with Gasteiger partial charge < -0.3 is 10.2 Å². The lowest BCUT2D eigenvalue weighted by Gasteiger charge is -2.20. The molecule has 2 aromatic rings. The SMILES string of the molecule is C=C1CCCN1c1ncc2c(n1)-c1sc(NC(C)=O)nc1CC2. The van der Waals surface area contributed by atoms with Gasteiger partial charge in [-0.15, -0.1) is 0 Å². The lowest BCUT2D eigenvalue weighted by molar-refractivity contribution is -0.114. The van der Waals surface area contributed by atoms with Crippen LogP contribution >= 0.6 is 11.3 Å². The number of carbonyl (C=O) groups is 1. The summed E-state index contributed by atoms with van der Waals surface area (Å²) >= 11 is 1.48. The molecule has 1 saturated heterocycles. The van der Waals surface area contributed by atoms with Crippen LogP contribution in [-0.2, 0) is 17.6 Å². The highest BCUT2D eigenvalue weighted by Crippen LogP contribution is 2.39. The van der Waals surface area contributed by atoms with Crippen LogP contribution in [0.5, 0.6) is 0 Å². The van der Waals surface area contributed by atoms with E-state index >= 15 is 0 Å². The molecule has 0 bridgehead atoms. The van der Waals surface area contributed by atoms with E-state index in [9.17, 15) is 4.79 Å². The third-order valence-corrected chi connectivity index (χ3v) is 5.17. The fraction of sp³-hybridized carbons (Fsp3) is 0.375. The Morgan fingerprint density at radius 1 is 1.35 bits per heavy atom. The van der Waals surface area contributed by atoms with Gasteiger partial charge in [-0.25, -0.2) is 15.0 Å². The molecule has 0 spiro atoms. The van der Waals surface area contributed by atoms with Crippen molar-refractivity contribution in [2.24, 2.45) is 0 Å². The number of nitrogens with one attached hydrogen (secondary N) is 1. The van der Waals surface area contributed by atoms with Crippen LogP contribution in [0.3, 0.4) is 0 Å². The highest BCUT2D eigenvalue weighted by molar-refractivity contribution is 7.19. The Balaban J connectivity index is 1.75. The van der Waals surface area contributed by atoms with Gasteiger partial charge >= 0.3 is 0 Å². The number of allylic oxidation sites excluding steroid dienone is 1. The van der Waals surface area contributed by atoms with Crippen molar-refractivity contribution in [1.82, 2.24) is 15.0 Å². The largest absolute Gasteiger partial charge is 0.315 e. The molecule has 4 rings (SSSR count). The molecule has 3 heterocycles. The molecule has 1 aliphatic carbocycles. The van der Waals surface area contributed by atoms with Crippen LogP contribution in [0.15, 0.2) is 18.5 Å². The number of aryl methyl sites for hydroxylation is 2. The fourth-order valence-electron chi connectivity index (χ4n) is 3.05. The van der Waals surface area contributed by atoms with Crippen LogP contribution in [0.1, 0.15) is 31.0 Å². The molecule has 0 saturated carbocycles. The van der Waals surface area contributed by atoms with E-state index in [1.165, 1.54) is 18.3 Å². The summed E-state index contributed by atoms with van der Waals surface area (Å²) in [7, 11) is 0. The average Bonchev–Trinajstić information content (AvgIpc) is 3.11. The summed E-state index contributed by atoms with van der Waals surface area (Å²) in [6, 6.07) is 0. The van der Waals surface area contributed by atoms with Crippen molar-refractivity contribution in [3.63, 3.8) is 0 Å². The summed E-state index contributed by atoms with van der Waals surface area (Å²) in [4.78, 5) is 28.2. The van der Waals surface area contributed by atoms with E-state index in [2.05, 4.69) is 26.8 Å². The normalized spacial score (nSPS) is 16.2. The monoisotopic (exact) mass is 327 g/mol. The number of anilines is 2. The molecular weight excluding hydrogens is 310 g/mol. The molecule has 6 nitrogen and oxygen atoms in total. The van der Waals surface area contributed by atoms with Crippen molar-refractivity contribution in [3.8, 4) is 10.6 Å². The number of hydrogen-bond donors (Lipinski definition) is 1. The summed E-state index contributed by atoms with van der Waals surface area (Å²) in [5, 5.41) is 3.41. The Hall–Kier alpha value is -2.28. The number of thiazole rings is 1. The van der Waals surface area contributed by atoms with E-state index in [1.807, 2.05) is 6.20 Å². The number of hydrogen-bond acceptors (Lipinski definition) is 6.